The highest BCUT2D eigenvalue weighted by atomic mass is 35.5. The molecule has 0 radical (unpaired) electrons. The normalized spacial score (nSPS) is 15.1. The number of aromatic nitrogens is 3. The van der Waals surface area contributed by atoms with Crippen molar-refractivity contribution in [3.05, 3.63) is 35.4 Å². The first kappa shape index (κ1) is 21.1. The van der Waals surface area contributed by atoms with E-state index in [2.05, 4.69) is 20.3 Å². The minimum absolute atomic E-state index is 0.0182. The highest BCUT2D eigenvalue weighted by Gasteiger charge is 2.27. The Morgan fingerprint density at radius 1 is 1.24 bits per heavy atom. The van der Waals surface area contributed by atoms with Crippen LogP contribution in [0.4, 0.5) is 16.3 Å². The average Bonchev–Trinajstić information content (AvgIpc) is 2.64. The van der Waals surface area contributed by atoms with Crippen LogP contribution in [-0.2, 0) is 4.74 Å². The molecule has 1 amide bonds. The van der Waals surface area contributed by atoms with Crippen LogP contribution in [0.1, 0.15) is 39.3 Å². The molecule has 3 rings (SSSR count). The van der Waals surface area contributed by atoms with Crippen LogP contribution in [0.2, 0.25) is 5.15 Å². The number of pyridine rings is 1. The molecule has 0 saturated carbocycles. The van der Waals surface area contributed by atoms with E-state index >= 15 is 0 Å². The van der Waals surface area contributed by atoms with Crippen molar-refractivity contribution < 1.29 is 14.3 Å². The van der Waals surface area contributed by atoms with Gasteiger partial charge in [-0.05, 0) is 39.8 Å². The maximum atomic E-state index is 12.2. The van der Waals surface area contributed by atoms with Gasteiger partial charge in [0.15, 0.2) is 0 Å². The lowest BCUT2D eigenvalue weighted by Gasteiger charge is -2.33. The van der Waals surface area contributed by atoms with Crippen molar-refractivity contribution in [3.63, 3.8) is 0 Å². The van der Waals surface area contributed by atoms with Gasteiger partial charge in [-0.25, -0.2) is 19.7 Å². The Morgan fingerprint density at radius 3 is 2.62 bits per heavy atom. The number of nitrogens with one attached hydrogen (secondary N) is 1. The van der Waals surface area contributed by atoms with E-state index in [1.54, 1.807) is 17.0 Å². The van der Waals surface area contributed by atoms with Gasteiger partial charge < -0.3 is 19.7 Å². The van der Waals surface area contributed by atoms with Gasteiger partial charge in [0.05, 0.1) is 11.4 Å². The summed E-state index contributed by atoms with van der Waals surface area (Å²) >= 11 is 5.90. The van der Waals surface area contributed by atoms with E-state index in [1.807, 2.05) is 33.8 Å². The van der Waals surface area contributed by atoms with E-state index in [-0.39, 0.29) is 12.2 Å². The zero-order chi connectivity index (χ0) is 21.0. The number of rotatable bonds is 4. The van der Waals surface area contributed by atoms with Crippen LogP contribution in [-0.4, -0.2) is 50.7 Å². The van der Waals surface area contributed by atoms with Crippen LogP contribution in [0.15, 0.2) is 24.5 Å². The Kier molecular flexibility index (Phi) is 6.42. The van der Waals surface area contributed by atoms with Crippen molar-refractivity contribution in [2.75, 3.05) is 18.4 Å². The first-order valence-electron chi connectivity index (χ1n) is 9.56. The fourth-order valence-electron chi connectivity index (χ4n) is 2.93. The molecule has 1 saturated heterocycles. The summed E-state index contributed by atoms with van der Waals surface area (Å²) in [6.07, 6.45) is 2.58. The van der Waals surface area contributed by atoms with Crippen molar-refractivity contribution in [2.45, 2.75) is 52.2 Å². The Bertz CT molecular complexity index is 863. The molecule has 29 heavy (non-hydrogen) atoms. The van der Waals surface area contributed by atoms with Crippen molar-refractivity contribution in [1.29, 1.82) is 0 Å². The van der Waals surface area contributed by atoms with Crippen LogP contribution < -0.4 is 10.1 Å². The van der Waals surface area contributed by atoms with E-state index < -0.39 is 5.60 Å². The Balaban J connectivity index is 1.55. The minimum atomic E-state index is -0.493. The molecule has 1 aliphatic rings. The summed E-state index contributed by atoms with van der Waals surface area (Å²) in [7, 11) is 0. The smallest absolute Gasteiger partial charge is 0.410 e. The number of hydrogen-bond donors (Lipinski definition) is 1. The first-order chi connectivity index (χ1) is 13.7. The Hall–Kier alpha value is -2.61. The predicted octanol–water partition coefficient (Wildman–Crippen LogP) is 4.36. The molecule has 1 fully saturated rings. The minimum Gasteiger partial charge on any atom is -0.474 e. The molecule has 8 nitrogen and oxygen atoms in total. The lowest BCUT2D eigenvalue weighted by Crippen LogP contribution is -2.44. The van der Waals surface area contributed by atoms with Crippen LogP contribution in [0, 0.1) is 6.92 Å². The molecule has 3 heterocycles. The summed E-state index contributed by atoms with van der Waals surface area (Å²) in [5, 5.41) is 3.64. The van der Waals surface area contributed by atoms with Gasteiger partial charge in [-0.3, -0.25) is 0 Å². The molecule has 1 aliphatic heterocycles. The Labute approximate surface area is 175 Å². The molecule has 0 spiro atoms. The molecule has 0 unspecified atom stereocenters. The number of hydrogen-bond acceptors (Lipinski definition) is 7. The van der Waals surface area contributed by atoms with Gasteiger partial charge in [0.1, 0.15) is 29.0 Å². The molecule has 0 bridgehead atoms. The molecular weight excluding hydrogens is 394 g/mol. The maximum Gasteiger partial charge on any atom is 0.410 e. The third-order valence-corrected chi connectivity index (χ3v) is 4.55. The highest BCUT2D eigenvalue weighted by Crippen LogP contribution is 2.23. The van der Waals surface area contributed by atoms with E-state index in [4.69, 9.17) is 21.1 Å². The third kappa shape index (κ3) is 6.19. The van der Waals surface area contributed by atoms with Gasteiger partial charge in [-0.15, -0.1) is 0 Å². The third-order valence-electron chi connectivity index (χ3n) is 4.34. The zero-order valence-electron chi connectivity index (χ0n) is 17.1. The van der Waals surface area contributed by atoms with Crippen molar-refractivity contribution >= 4 is 29.2 Å². The standard InChI is InChI=1S/C20H26ClN5O3/c1-13-15(5-6-16(21)24-13)25-17-11-18(23-12-22-17)28-14-7-9-26(10-8-14)19(27)29-20(2,3)4/h5-6,11-12,14H,7-10H2,1-4H3,(H,22,23,25). The predicted molar refractivity (Wildman–Crippen MR) is 111 cm³/mol. The van der Waals surface area contributed by atoms with Crippen LogP contribution >= 0.6 is 11.6 Å². The second-order valence-corrected chi connectivity index (χ2v) is 8.31. The number of nitrogens with zero attached hydrogens (tertiary/aromatic N) is 4. The first-order valence-corrected chi connectivity index (χ1v) is 9.94. The number of aryl methyl sites for hydroxylation is 1. The number of likely N-dealkylation sites (tertiary alicyclic amines) is 1. The molecule has 2 aromatic rings. The fourth-order valence-corrected chi connectivity index (χ4v) is 3.12. The number of ether oxygens (including phenoxy) is 2. The molecule has 0 aromatic carbocycles. The monoisotopic (exact) mass is 419 g/mol. The van der Waals surface area contributed by atoms with Crippen LogP contribution in [0.25, 0.3) is 0 Å². The number of carbonyl (C=O) groups excluding carboxylic acids is 1. The van der Waals surface area contributed by atoms with Gasteiger partial charge in [-0.1, -0.05) is 11.6 Å². The summed E-state index contributed by atoms with van der Waals surface area (Å²) in [4.78, 5) is 26.5. The van der Waals surface area contributed by atoms with Crippen LogP contribution in [0.5, 0.6) is 5.88 Å². The van der Waals surface area contributed by atoms with Gasteiger partial charge in [-0.2, -0.15) is 0 Å². The zero-order valence-corrected chi connectivity index (χ0v) is 17.9. The van der Waals surface area contributed by atoms with Crippen LogP contribution in [0.3, 0.4) is 0 Å². The maximum absolute atomic E-state index is 12.2. The molecule has 156 valence electrons. The highest BCUT2D eigenvalue weighted by molar-refractivity contribution is 6.29. The average molecular weight is 420 g/mol. The molecule has 9 heteroatoms. The van der Waals surface area contributed by atoms with Gasteiger partial charge in [0.2, 0.25) is 5.88 Å². The number of carbonyl (C=O) groups is 1. The number of halogens is 1. The lowest BCUT2D eigenvalue weighted by molar-refractivity contribution is 0.0123. The summed E-state index contributed by atoms with van der Waals surface area (Å²) in [5.41, 5.74) is 1.09. The number of amides is 1. The quantitative estimate of drug-likeness (QED) is 0.736. The van der Waals surface area contributed by atoms with Crippen molar-refractivity contribution in [3.8, 4) is 5.88 Å². The molecular formula is C20H26ClN5O3. The summed E-state index contributed by atoms with van der Waals surface area (Å²) in [5.74, 6) is 1.09. The van der Waals surface area contributed by atoms with Gasteiger partial charge in [0, 0.05) is 32.0 Å². The second kappa shape index (κ2) is 8.82. The second-order valence-electron chi connectivity index (χ2n) is 7.92. The van der Waals surface area contributed by atoms with E-state index in [1.165, 1.54) is 6.33 Å². The van der Waals surface area contributed by atoms with E-state index in [9.17, 15) is 4.79 Å². The summed E-state index contributed by atoms with van der Waals surface area (Å²) < 4.78 is 11.4. The van der Waals surface area contributed by atoms with Gasteiger partial charge in [0.25, 0.3) is 0 Å². The van der Waals surface area contributed by atoms with E-state index in [0.717, 1.165) is 11.4 Å². The molecule has 0 aliphatic carbocycles. The Morgan fingerprint density at radius 2 is 1.97 bits per heavy atom. The topological polar surface area (TPSA) is 89.5 Å². The lowest BCUT2D eigenvalue weighted by atomic mass is 10.1. The summed E-state index contributed by atoms with van der Waals surface area (Å²) in [6, 6.07) is 5.31. The van der Waals surface area contributed by atoms with Crippen molar-refractivity contribution in [2.24, 2.45) is 0 Å². The number of anilines is 2. The molecule has 0 atom stereocenters. The van der Waals surface area contributed by atoms with Gasteiger partial charge >= 0.3 is 6.09 Å². The fraction of sp³-hybridized carbons (Fsp3) is 0.500. The van der Waals surface area contributed by atoms with E-state index in [0.29, 0.717) is 42.8 Å². The summed E-state index contributed by atoms with van der Waals surface area (Å²) in [6.45, 7) is 8.64. The SMILES string of the molecule is Cc1nc(Cl)ccc1Nc1cc(OC2CCN(C(=O)OC(C)(C)C)CC2)ncn1. The largest absolute Gasteiger partial charge is 0.474 e. The molecule has 1 N–H and O–H groups in total. The molecule has 2 aromatic heterocycles. The number of piperidine rings is 1. The van der Waals surface area contributed by atoms with Crippen molar-refractivity contribution in [1.82, 2.24) is 19.9 Å².